The molecule has 2 N–H and O–H groups in total. The maximum absolute atomic E-state index is 12.2. The number of ether oxygens (including phenoxy) is 2. The Morgan fingerprint density at radius 2 is 2.12 bits per heavy atom. The van der Waals surface area contributed by atoms with Crippen LogP contribution in [0.1, 0.15) is 30.9 Å². The van der Waals surface area contributed by atoms with Gasteiger partial charge in [-0.25, -0.2) is 4.79 Å². The number of nitrogens with zero attached hydrogens (tertiary/aromatic N) is 1. The van der Waals surface area contributed by atoms with E-state index in [2.05, 4.69) is 17.4 Å². The van der Waals surface area contributed by atoms with Crippen LogP contribution in [0.2, 0.25) is 0 Å². The van der Waals surface area contributed by atoms with Gasteiger partial charge >= 0.3 is 5.97 Å². The molecule has 0 amide bonds. The van der Waals surface area contributed by atoms with Crippen LogP contribution in [0.15, 0.2) is 41.7 Å². The number of nitrogens with one attached hydrogen (secondary N) is 1. The zero-order valence-corrected chi connectivity index (χ0v) is 15.2. The average Bonchev–Trinajstić information content (AvgIpc) is 3.03. The van der Waals surface area contributed by atoms with Gasteiger partial charge in [-0.2, -0.15) is 0 Å². The summed E-state index contributed by atoms with van der Waals surface area (Å²) in [5, 5.41) is 13.3. The fourth-order valence-electron chi connectivity index (χ4n) is 4.63. The molecule has 0 spiro atoms. The summed E-state index contributed by atoms with van der Waals surface area (Å²) in [7, 11) is 3.35. The Morgan fingerprint density at radius 1 is 1.35 bits per heavy atom. The monoisotopic (exact) mass is 358 g/mol. The zero-order chi connectivity index (χ0) is 18.3. The van der Waals surface area contributed by atoms with Crippen molar-refractivity contribution < 1.29 is 19.4 Å². The molecule has 5 unspecified atom stereocenters. The minimum Gasteiger partial charge on any atom is -0.467 e. The van der Waals surface area contributed by atoms with Crippen LogP contribution >= 0.6 is 0 Å². The van der Waals surface area contributed by atoms with Crippen molar-refractivity contribution in [2.75, 3.05) is 20.8 Å². The highest BCUT2D eigenvalue weighted by molar-refractivity contribution is 5.77. The summed E-state index contributed by atoms with van der Waals surface area (Å²) in [4.78, 5) is 14.2. The summed E-state index contributed by atoms with van der Waals surface area (Å²) in [5.41, 5.74) is 3.32. The Bertz CT molecular complexity index is 705. The molecule has 3 aliphatic rings. The third kappa shape index (κ3) is 2.77. The molecule has 5 atom stereocenters. The van der Waals surface area contributed by atoms with Crippen molar-refractivity contribution in [2.45, 2.75) is 43.6 Å². The number of benzene rings is 1. The first-order valence-corrected chi connectivity index (χ1v) is 9.25. The van der Waals surface area contributed by atoms with Crippen molar-refractivity contribution in [3.8, 4) is 0 Å². The summed E-state index contributed by atoms with van der Waals surface area (Å²) in [6.07, 6.45) is 2.14. The van der Waals surface area contributed by atoms with E-state index in [4.69, 9.17) is 9.47 Å². The van der Waals surface area contributed by atoms with Crippen LogP contribution in [-0.4, -0.2) is 55.0 Å². The molecule has 0 aromatic heterocycles. The standard InChI is InChI=1S/C20H26N2O4/c1-22-16(20(24)25-2)10-15-18(22)19-14(9-8-13(11-23)26-19)17(21-15)12-6-4-3-5-7-12/h3-7,13-14,16-17,19,21,23H,8-11H2,1-2H3. The van der Waals surface area contributed by atoms with Crippen molar-refractivity contribution in [3.05, 3.63) is 47.3 Å². The first-order chi connectivity index (χ1) is 12.6. The van der Waals surface area contributed by atoms with E-state index >= 15 is 0 Å². The van der Waals surface area contributed by atoms with Gasteiger partial charge < -0.3 is 24.8 Å². The lowest BCUT2D eigenvalue weighted by molar-refractivity contribution is -0.146. The lowest BCUT2D eigenvalue weighted by atomic mass is 9.78. The highest BCUT2D eigenvalue weighted by Gasteiger charge is 2.49. The number of likely N-dealkylation sites (N-methyl/N-ethyl adjacent to an activating group) is 1. The van der Waals surface area contributed by atoms with Gasteiger partial charge in [0.15, 0.2) is 0 Å². The molecule has 6 heteroatoms. The Morgan fingerprint density at radius 3 is 2.81 bits per heavy atom. The summed E-state index contributed by atoms with van der Waals surface area (Å²) < 4.78 is 11.3. The summed E-state index contributed by atoms with van der Waals surface area (Å²) in [6, 6.07) is 10.2. The zero-order valence-electron chi connectivity index (χ0n) is 15.2. The molecule has 1 aromatic rings. The van der Waals surface area contributed by atoms with Gasteiger partial charge in [0.1, 0.15) is 12.1 Å². The highest BCUT2D eigenvalue weighted by atomic mass is 16.5. The quantitative estimate of drug-likeness (QED) is 0.800. The smallest absolute Gasteiger partial charge is 0.328 e. The third-order valence-corrected chi connectivity index (χ3v) is 5.97. The highest BCUT2D eigenvalue weighted by Crippen LogP contribution is 2.46. The molecule has 3 heterocycles. The van der Waals surface area contributed by atoms with Gasteiger partial charge in [-0.05, 0) is 18.4 Å². The van der Waals surface area contributed by atoms with E-state index in [1.54, 1.807) is 0 Å². The summed E-state index contributed by atoms with van der Waals surface area (Å²) in [5.74, 6) is 0.0313. The third-order valence-electron chi connectivity index (χ3n) is 5.97. The maximum Gasteiger partial charge on any atom is 0.328 e. The van der Waals surface area contributed by atoms with Crippen LogP contribution < -0.4 is 5.32 Å². The number of esters is 1. The topological polar surface area (TPSA) is 71.0 Å². The van der Waals surface area contributed by atoms with Crippen LogP contribution in [0.4, 0.5) is 0 Å². The second kappa shape index (κ2) is 6.93. The molecule has 0 radical (unpaired) electrons. The van der Waals surface area contributed by atoms with Gasteiger partial charge in [0.2, 0.25) is 0 Å². The van der Waals surface area contributed by atoms with E-state index < -0.39 is 0 Å². The minimum atomic E-state index is -0.328. The maximum atomic E-state index is 12.2. The molecule has 1 aromatic carbocycles. The number of hydrogen-bond acceptors (Lipinski definition) is 6. The molecule has 4 rings (SSSR count). The second-order valence-corrected chi connectivity index (χ2v) is 7.35. The lowest BCUT2D eigenvalue weighted by Gasteiger charge is -2.46. The number of methoxy groups -OCH3 is 1. The number of rotatable bonds is 3. The van der Waals surface area contributed by atoms with Gasteiger partial charge in [-0.3, -0.25) is 0 Å². The van der Waals surface area contributed by atoms with Crippen LogP contribution in [0, 0.1) is 5.92 Å². The van der Waals surface area contributed by atoms with Crippen molar-refractivity contribution in [1.82, 2.24) is 10.2 Å². The molecule has 0 bridgehead atoms. The van der Waals surface area contributed by atoms with Gasteiger partial charge in [0.25, 0.3) is 0 Å². The summed E-state index contributed by atoms with van der Waals surface area (Å²) in [6.45, 7) is 0.0272. The molecular weight excluding hydrogens is 332 g/mol. The predicted molar refractivity (Wildman–Crippen MR) is 96.0 cm³/mol. The fourth-order valence-corrected chi connectivity index (χ4v) is 4.63. The number of fused-ring (bicyclic) bond motifs is 2. The van der Waals surface area contributed by atoms with Gasteiger partial charge in [0, 0.05) is 25.1 Å². The number of aliphatic hydroxyl groups is 1. The van der Waals surface area contributed by atoms with Crippen molar-refractivity contribution >= 4 is 5.97 Å². The molecule has 6 nitrogen and oxygen atoms in total. The first kappa shape index (κ1) is 17.4. The number of aliphatic hydroxyl groups excluding tert-OH is 1. The number of hydrogen-bond donors (Lipinski definition) is 2. The number of carbonyl (C=O) groups excluding carboxylic acids is 1. The van der Waals surface area contributed by atoms with Crippen LogP contribution in [0.5, 0.6) is 0 Å². The Balaban J connectivity index is 1.70. The molecule has 0 aliphatic carbocycles. The first-order valence-electron chi connectivity index (χ1n) is 9.25. The van der Waals surface area contributed by atoms with E-state index in [0.29, 0.717) is 6.42 Å². The van der Waals surface area contributed by atoms with E-state index in [0.717, 1.165) is 24.2 Å². The van der Waals surface area contributed by atoms with Gasteiger partial charge in [-0.15, -0.1) is 0 Å². The lowest BCUT2D eigenvalue weighted by Crippen LogP contribution is -2.50. The Kier molecular flexibility index (Phi) is 4.63. The van der Waals surface area contributed by atoms with Crippen LogP contribution in [0.25, 0.3) is 0 Å². The van der Waals surface area contributed by atoms with Crippen molar-refractivity contribution in [2.24, 2.45) is 5.92 Å². The fraction of sp³-hybridized carbons (Fsp3) is 0.550. The second-order valence-electron chi connectivity index (χ2n) is 7.35. The van der Waals surface area contributed by atoms with Crippen molar-refractivity contribution in [3.63, 3.8) is 0 Å². The number of carbonyl (C=O) groups is 1. The van der Waals surface area contributed by atoms with Crippen molar-refractivity contribution in [1.29, 1.82) is 0 Å². The van der Waals surface area contributed by atoms with Crippen LogP contribution in [0.3, 0.4) is 0 Å². The molecule has 140 valence electrons. The van der Waals surface area contributed by atoms with E-state index in [1.165, 1.54) is 12.7 Å². The SMILES string of the molecule is COC(=O)C1CC2=C(C3OC(CO)CCC3C(c3ccccc3)N2)N1C. The Hall–Kier alpha value is -2.05. The molecular formula is C20H26N2O4. The largest absolute Gasteiger partial charge is 0.467 e. The molecule has 26 heavy (non-hydrogen) atoms. The molecule has 1 fully saturated rings. The van der Waals surface area contributed by atoms with E-state index in [1.807, 2.05) is 30.1 Å². The normalized spacial score (nSPS) is 33.3. The predicted octanol–water partition coefficient (Wildman–Crippen LogP) is 1.58. The average molecular weight is 358 g/mol. The molecule has 1 saturated heterocycles. The minimum absolute atomic E-state index is 0.0272. The van der Waals surface area contributed by atoms with E-state index in [-0.39, 0.29) is 42.8 Å². The van der Waals surface area contributed by atoms with Gasteiger partial charge in [-0.1, -0.05) is 30.3 Å². The molecule has 0 saturated carbocycles. The molecule has 3 aliphatic heterocycles. The van der Waals surface area contributed by atoms with Crippen LogP contribution in [-0.2, 0) is 14.3 Å². The summed E-state index contributed by atoms with van der Waals surface area (Å²) >= 11 is 0. The Labute approximate surface area is 153 Å². The van der Waals surface area contributed by atoms with Gasteiger partial charge in [0.05, 0.1) is 31.6 Å². The van der Waals surface area contributed by atoms with E-state index in [9.17, 15) is 9.90 Å².